The molecular formula is C24H23ClN2O3. The number of halogens is 1. The van der Waals surface area contributed by atoms with Crippen LogP contribution in [0.1, 0.15) is 24.2 Å². The Kier molecular flexibility index (Phi) is 7.09. The van der Waals surface area contributed by atoms with E-state index in [2.05, 4.69) is 5.32 Å². The Morgan fingerprint density at radius 3 is 2.20 bits per heavy atom. The summed E-state index contributed by atoms with van der Waals surface area (Å²) in [6.45, 7) is 4.16. The van der Waals surface area contributed by atoms with Gasteiger partial charge < -0.3 is 15.0 Å². The standard InChI is InChI=1S/C24H23ClN2O3/c1-3-27(21-7-5-4-6-8-21)24(29)18-9-13-20(14-10-18)26-23(28)17(2)30-22-15-11-19(25)12-16-22/h4-17H,3H2,1-2H3,(H,26,28). The highest BCUT2D eigenvalue weighted by atomic mass is 35.5. The number of carbonyl (C=O) groups is 2. The van der Waals surface area contributed by atoms with E-state index in [4.69, 9.17) is 16.3 Å². The van der Waals surface area contributed by atoms with Gasteiger partial charge in [0.25, 0.3) is 11.8 Å². The summed E-state index contributed by atoms with van der Waals surface area (Å²) in [6, 6.07) is 23.2. The second-order valence-electron chi connectivity index (χ2n) is 6.67. The summed E-state index contributed by atoms with van der Waals surface area (Å²) < 4.78 is 5.63. The van der Waals surface area contributed by atoms with Crippen LogP contribution in [0.15, 0.2) is 78.9 Å². The minimum Gasteiger partial charge on any atom is -0.481 e. The van der Waals surface area contributed by atoms with E-state index in [0.717, 1.165) is 5.69 Å². The Balaban J connectivity index is 1.62. The average Bonchev–Trinajstić information content (AvgIpc) is 2.77. The fourth-order valence-corrected chi connectivity index (χ4v) is 3.04. The lowest BCUT2D eigenvalue weighted by atomic mass is 10.1. The first-order valence-electron chi connectivity index (χ1n) is 9.68. The third-order valence-corrected chi connectivity index (χ3v) is 4.78. The molecule has 0 bridgehead atoms. The van der Waals surface area contributed by atoms with Crippen LogP contribution in [0.25, 0.3) is 0 Å². The molecule has 0 aliphatic heterocycles. The van der Waals surface area contributed by atoms with Gasteiger partial charge in [0.2, 0.25) is 0 Å². The molecule has 3 aromatic carbocycles. The van der Waals surface area contributed by atoms with Crippen molar-refractivity contribution in [2.75, 3.05) is 16.8 Å². The molecule has 1 unspecified atom stereocenters. The van der Waals surface area contributed by atoms with Crippen molar-refractivity contribution in [3.8, 4) is 5.75 Å². The molecule has 0 fully saturated rings. The Bertz CT molecular complexity index is 989. The highest BCUT2D eigenvalue weighted by Gasteiger charge is 2.17. The fraction of sp³-hybridized carbons (Fsp3) is 0.167. The molecule has 0 spiro atoms. The van der Waals surface area contributed by atoms with E-state index in [-0.39, 0.29) is 11.8 Å². The predicted octanol–water partition coefficient (Wildman–Crippen LogP) is 5.41. The summed E-state index contributed by atoms with van der Waals surface area (Å²) in [5.74, 6) is 0.174. The number of hydrogen-bond acceptors (Lipinski definition) is 3. The van der Waals surface area contributed by atoms with Crippen molar-refractivity contribution < 1.29 is 14.3 Å². The lowest BCUT2D eigenvalue weighted by molar-refractivity contribution is -0.122. The summed E-state index contributed by atoms with van der Waals surface area (Å²) >= 11 is 5.85. The van der Waals surface area contributed by atoms with Gasteiger partial charge in [-0.2, -0.15) is 0 Å². The van der Waals surface area contributed by atoms with Gasteiger partial charge in [-0.05, 0) is 74.5 Å². The zero-order valence-corrected chi connectivity index (χ0v) is 17.6. The summed E-state index contributed by atoms with van der Waals surface area (Å²) in [7, 11) is 0. The SMILES string of the molecule is CCN(C(=O)c1ccc(NC(=O)C(C)Oc2ccc(Cl)cc2)cc1)c1ccccc1. The quantitative estimate of drug-likeness (QED) is 0.553. The Morgan fingerprint density at radius 1 is 0.967 bits per heavy atom. The van der Waals surface area contributed by atoms with Crippen molar-refractivity contribution in [3.63, 3.8) is 0 Å². The number of anilines is 2. The molecule has 30 heavy (non-hydrogen) atoms. The van der Waals surface area contributed by atoms with Gasteiger partial charge in [-0.3, -0.25) is 9.59 Å². The predicted molar refractivity (Wildman–Crippen MR) is 120 cm³/mol. The minimum absolute atomic E-state index is 0.0963. The molecule has 6 heteroatoms. The van der Waals surface area contributed by atoms with Crippen molar-refractivity contribution in [3.05, 3.63) is 89.4 Å². The van der Waals surface area contributed by atoms with Crippen molar-refractivity contribution in [2.45, 2.75) is 20.0 Å². The van der Waals surface area contributed by atoms with Crippen molar-refractivity contribution in [1.82, 2.24) is 0 Å². The van der Waals surface area contributed by atoms with Crippen LogP contribution in [0.3, 0.4) is 0 Å². The lowest BCUT2D eigenvalue weighted by Crippen LogP contribution is -2.31. The van der Waals surface area contributed by atoms with Crippen molar-refractivity contribution in [1.29, 1.82) is 0 Å². The molecule has 0 aliphatic carbocycles. The molecule has 3 aromatic rings. The van der Waals surface area contributed by atoms with Gasteiger partial charge in [-0.25, -0.2) is 0 Å². The number of nitrogens with zero attached hydrogens (tertiary/aromatic N) is 1. The van der Waals surface area contributed by atoms with Crippen LogP contribution in [0.5, 0.6) is 5.75 Å². The van der Waals surface area contributed by atoms with Crippen LogP contribution in [-0.4, -0.2) is 24.5 Å². The average molecular weight is 423 g/mol. The summed E-state index contributed by atoms with van der Waals surface area (Å²) in [5, 5.41) is 3.40. The molecule has 5 nitrogen and oxygen atoms in total. The first-order valence-corrected chi connectivity index (χ1v) is 10.1. The number of para-hydroxylation sites is 1. The molecule has 0 aromatic heterocycles. The lowest BCUT2D eigenvalue weighted by Gasteiger charge is -2.21. The van der Waals surface area contributed by atoms with E-state index in [1.807, 2.05) is 37.3 Å². The maximum atomic E-state index is 12.9. The number of rotatable bonds is 7. The molecule has 154 valence electrons. The number of amides is 2. The minimum atomic E-state index is -0.693. The van der Waals surface area contributed by atoms with Crippen molar-refractivity contribution >= 4 is 34.8 Å². The van der Waals surface area contributed by atoms with E-state index in [1.54, 1.807) is 60.4 Å². The Morgan fingerprint density at radius 2 is 1.60 bits per heavy atom. The monoisotopic (exact) mass is 422 g/mol. The first-order chi connectivity index (χ1) is 14.5. The maximum absolute atomic E-state index is 12.9. The van der Waals surface area contributed by atoms with Gasteiger partial charge in [-0.1, -0.05) is 29.8 Å². The molecule has 0 heterocycles. The highest BCUT2D eigenvalue weighted by molar-refractivity contribution is 6.30. The van der Waals surface area contributed by atoms with Gasteiger partial charge in [-0.15, -0.1) is 0 Å². The number of hydrogen-bond donors (Lipinski definition) is 1. The zero-order valence-electron chi connectivity index (χ0n) is 16.8. The summed E-state index contributed by atoms with van der Waals surface area (Å²) in [5.41, 5.74) is 1.98. The van der Waals surface area contributed by atoms with Gasteiger partial charge >= 0.3 is 0 Å². The summed E-state index contributed by atoms with van der Waals surface area (Å²) in [6.07, 6.45) is -0.693. The van der Waals surface area contributed by atoms with E-state index in [9.17, 15) is 9.59 Å². The van der Waals surface area contributed by atoms with Gasteiger partial charge in [0.1, 0.15) is 5.75 Å². The molecule has 0 radical (unpaired) electrons. The molecule has 1 N–H and O–H groups in total. The third-order valence-electron chi connectivity index (χ3n) is 4.52. The Labute approximate surface area is 181 Å². The number of nitrogens with one attached hydrogen (secondary N) is 1. The third kappa shape index (κ3) is 5.39. The fourth-order valence-electron chi connectivity index (χ4n) is 2.92. The van der Waals surface area contributed by atoms with Crippen LogP contribution >= 0.6 is 11.6 Å². The van der Waals surface area contributed by atoms with E-state index in [0.29, 0.717) is 28.6 Å². The zero-order chi connectivity index (χ0) is 21.5. The van der Waals surface area contributed by atoms with Crippen LogP contribution in [-0.2, 0) is 4.79 Å². The molecule has 2 amide bonds. The molecule has 0 aliphatic rings. The Hall–Kier alpha value is -3.31. The molecule has 1 atom stereocenters. The number of benzene rings is 3. The van der Waals surface area contributed by atoms with Gasteiger partial charge in [0.05, 0.1) is 0 Å². The van der Waals surface area contributed by atoms with Gasteiger partial charge in [0, 0.05) is 28.5 Å². The number of carbonyl (C=O) groups excluding carboxylic acids is 2. The second kappa shape index (κ2) is 9.94. The number of ether oxygens (including phenoxy) is 1. The normalized spacial score (nSPS) is 11.4. The van der Waals surface area contributed by atoms with Crippen LogP contribution < -0.4 is 15.0 Å². The second-order valence-corrected chi connectivity index (χ2v) is 7.10. The first kappa shape index (κ1) is 21.4. The van der Waals surface area contributed by atoms with Gasteiger partial charge in [0.15, 0.2) is 6.10 Å². The molecular weight excluding hydrogens is 400 g/mol. The van der Waals surface area contributed by atoms with E-state index < -0.39 is 6.10 Å². The van der Waals surface area contributed by atoms with Crippen LogP contribution in [0.4, 0.5) is 11.4 Å². The molecule has 3 rings (SSSR count). The van der Waals surface area contributed by atoms with Crippen LogP contribution in [0, 0.1) is 0 Å². The molecule has 0 saturated carbocycles. The largest absolute Gasteiger partial charge is 0.481 e. The van der Waals surface area contributed by atoms with Crippen LogP contribution in [0.2, 0.25) is 5.02 Å². The molecule has 0 saturated heterocycles. The van der Waals surface area contributed by atoms with E-state index >= 15 is 0 Å². The maximum Gasteiger partial charge on any atom is 0.265 e. The summed E-state index contributed by atoms with van der Waals surface area (Å²) in [4.78, 5) is 27.0. The topological polar surface area (TPSA) is 58.6 Å². The van der Waals surface area contributed by atoms with E-state index in [1.165, 1.54) is 0 Å². The highest BCUT2D eigenvalue weighted by Crippen LogP contribution is 2.19. The smallest absolute Gasteiger partial charge is 0.265 e. The van der Waals surface area contributed by atoms with Crippen molar-refractivity contribution in [2.24, 2.45) is 0 Å².